The van der Waals surface area contributed by atoms with Gasteiger partial charge in [0.05, 0.1) is 60.1 Å². The molecule has 8 rings (SSSR count). The largest absolute Gasteiger partial charge is 0.480 e. The SMILES string of the molecule is CC(C)C[C@H](NC(=O)OCC1c2ccccc2-c2ccccc21)C(=O)N[C@@H](Cc1c[nH]cn1)C(=O)N[C@@H](Cc1c[nH]cn1)C(=O)N[C@@H](CC(C)C)C(=O)N[C@@H](CC(C)C)C(=O)N[C@@H](Cc1c[nH]cn1)C(=O)N[C@@H](Cc1c[nH]cn1)C(=O)N[C@@H](Cc1c[nH]cn1)C(=O)N[C@@H](CCCCN)C(=O)O. The lowest BCUT2D eigenvalue weighted by atomic mass is 9.98. The van der Waals surface area contributed by atoms with Crippen molar-refractivity contribution in [1.29, 1.82) is 0 Å². The van der Waals surface area contributed by atoms with E-state index in [1.807, 2.05) is 90.1 Å². The number of nitrogens with two attached hydrogens (primary N) is 1. The van der Waals surface area contributed by atoms with Gasteiger partial charge in [-0.15, -0.1) is 0 Å². The molecular weight excluding hydrogens is 1300 g/mol. The van der Waals surface area contributed by atoms with Crippen LogP contribution in [-0.4, -0.2) is 182 Å². The fourth-order valence-corrected chi connectivity index (χ4v) is 11.9. The van der Waals surface area contributed by atoms with Crippen molar-refractivity contribution in [3.63, 3.8) is 0 Å². The summed E-state index contributed by atoms with van der Waals surface area (Å²) in [4.78, 5) is 178. The van der Waals surface area contributed by atoms with Gasteiger partial charge in [-0.2, -0.15) is 0 Å². The minimum Gasteiger partial charge on any atom is -0.480 e. The van der Waals surface area contributed by atoms with E-state index < -0.39 is 114 Å². The van der Waals surface area contributed by atoms with Gasteiger partial charge in [-0.3, -0.25) is 38.4 Å². The van der Waals surface area contributed by atoms with Crippen molar-refractivity contribution in [2.75, 3.05) is 13.2 Å². The molecule has 0 radical (unpaired) electrons. The van der Waals surface area contributed by atoms with E-state index in [0.717, 1.165) is 22.3 Å². The molecule has 0 aliphatic heterocycles. The lowest BCUT2D eigenvalue weighted by Gasteiger charge is -2.29. The molecule has 32 heteroatoms. The number of aromatic amines is 5. The molecular formula is C69H92N20O12. The third kappa shape index (κ3) is 22.7. The maximum Gasteiger partial charge on any atom is 0.407 e. The number of carbonyl (C=O) groups excluding carboxylic acids is 9. The number of nitrogens with zero attached hydrogens (tertiary/aromatic N) is 5. The van der Waals surface area contributed by atoms with E-state index >= 15 is 0 Å². The molecule has 2 aromatic carbocycles. The van der Waals surface area contributed by atoms with Crippen molar-refractivity contribution in [2.45, 2.75) is 172 Å². The van der Waals surface area contributed by atoms with Gasteiger partial charge in [0.2, 0.25) is 47.3 Å². The molecule has 9 amide bonds. The summed E-state index contributed by atoms with van der Waals surface area (Å²) in [7, 11) is 0. The molecule has 0 saturated heterocycles. The minimum absolute atomic E-state index is 0.0122. The van der Waals surface area contributed by atoms with E-state index in [2.05, 4.69) is 97.7 Å². The number of aromatic nitrogens is 10. The van der Waals surface area contributed by atoms with E-state index in [-0.39, 0.29) is 88.1 Å². The number of imidazole rings is 5. The van der Waals surface area contributed by atoms with Crippen molar-refractivity contribution in [3.8, 4) is 11.1 Å². The topological polar surface area (TPSA) is 478 Å². The van der Waals surface area contributed by atoms with Gasteiger partial charge in [0.25, 0.3) is 0 Å². The number of carboxylic acids is 1. The molecule has 5 aromatic heterocycles. The Bertz CT molecular complexity index is 3780. The van der Waals surface area contributed by atoms with Gasteiger partial charge in [0, 0.05) is 69.0 Å². The monoisotopic (exact) mass is 1390 g/mol. The van der Waals surface area contributed by atoms with Crippen LogP contribution in [0.3, 0.4) is 0 Å². The van der Waals surface area contributed by atoms with Crippen LogP contribution < -0.4 is 53.6 Å². The predicted molar refractivity (Wildman–Crippen MR) is 368 cm³/mol. The zero-order valence-electron chi connectivity index (χ0n) is 57.3. The van der Waals surface area contributed by atoms with Gasteiger partial charge in [0.1, 0.15) is 61.0 Å². The fourth-order valence-electron chi connectivity index (χ4n) is 11.9. The summed E-state index contributed by atoms with van der Waals surface area (Å²) in [5.74, 6) is -8.72. The van der Waals surface area contributed by atoms with Crippen LogP contribution in [0.15, 0.2) is 111 Å². The highest BCUT2D eigenvalue weighted by Gasteiger charge is 2.38. The minimum atomic E-state index is -1.47. The number of rotatable bonds is 40. The Labute approximate surface area is 583 Å². The molecule has 0 fully saturated rings. The van der Waals surface area contributed by atoms with E-state index in [4.69, 9.17) is 10.5 Å². The number of amides is 9. The first-order chi connectivity index (χ1) is 48.5. The lowest BCUT2D eigenvalue weighted by Crippen LogP contribution is -2.61. The highest BCUT2D eigenvalue weighted by molar-refractivity contribution is 5.98. The van der Waals surface area contributed by atoms with E-state index in [0.29, 0.717) is 47.9 Å². The molecule has 17 N–H and O–H groups in total. The smallest absolute Gasteiger partial charge is 0.407 e. The molecule has 0 bridgehead atoms. The Hall–Kier alpha value is -11.0. The number of aliphatic carboxylic acids is 1. The molecule has 540 valence electrons. The Morgan fingerprint density at radius 3 is 0.960 bits per heavy atom. The molecule has 1 aliphatic rings. The molecule has 32 nitrogen and oxygen atoms in total. The molecule has 5 heterocycles. The zero-order chi connectivity index (χ0) is 72.5. The summed E-state index contributed by atoms with van der Waals surface area (Å²) in [6.07, 6.45) is 13.8. The molecule has 9 atom stereocenters. The number of alkyl carbamates (subject to hydrolysis) is 1. The number of unbranched alkanes of at least 4 members (excludes halogenated alkanes) is 1. The maximum absolute atomic E-state index is 14.9. The van der Waals surface area contributed by atoms with Gasteiger partial charge in [-0.25, -0.2) is 34.5 Å². The number of carbonyl (C=O) groups is 10. The summed E-state index contributed by atoms with van der Waals surface area (Å²) in [5, 5.41) is 34.6. The highest BCUT2D eigenvalue weighted by atomic mass is 16.5. The summed E-state index contributed by atoms with van der Waals surface area (Å²) in [5.41, 5.74) is 11.4. The summed E-state index contributed by atoms with van der Waals surface area (Å²) < 4.78 is 5.83. The second-order valence-corrected chi connectivity index (χ2v) is 26.3. The van der Waals surface area contributed by atoms with Crippen molar-refractivity contribution in [3.05, 3.63) is 151 Å². The highest BCUT2D eigenvalue weighted by Crippen LogP contribution is 2.44. The Morgan fingerprint density at radius 2 is 0.683 bits per heavy atom. The first kappa shape index (κ1) is 75.7. The van der Waals surface area contributed by atoms with E-state index in [9.17, 15) is 53.1 Å². The number of benzene rings is 2. The Kier molecular flexibility index (Phi) is 27.9. The van der Waals surface area contributed by atoms with Crippen LogP contribution in [0.25, 0.3) is 11.1 Å². The second kappa shape index (κ2) is 37.2. The van der Waals surface area contributed by atoms with Gasteiger partial charge in [0.15, 0.2) is 0 Å². The lowest BCUT2D eigenvalue weighted by molar-refractivity contribution is -0.142. The number of fused-ring (bicyclic) bond motifs is 3. The normalized spacial score (nSPS) is 14.5. The molecule has 7 aromatic rings. The van der Waals surface area contributed by atoms with Crippen LogP contribution in [0.4, 0.5) is 4.79 Å². The van der Waals surface area contributed by atoms with E-state index in [1.165, 1.54) is 56.4 Å². The standard InChI is InChI=1S/C69H92N20O12/c1-38(2)19-52(83-64(94)56(23-42-28-72-34-77-42)87-66(96)58(25-44-30-74-36-79-44)85-62(92)54(21-40(5)6)89-69(100)101-32-50-48-15-9-7-13-46(48)47-14-8-10-16-49(47)50)60(90)82-53(20-39(3)4)61(91)84-57(24-43-29-73-35-78-43)65(95)88-59(26-45-31-75-37-80-45)67(97)86-55(22-41-27-71-33-76-41)63(93)81-51(68(98)99)17-11-12-18-70/h7-10,13-16,27-31,33-40,50-59H,11-12,17-26,32,70H2,1-6H3,(H,71,76)(H,72,77)(H,73,78)(H,74,79)(H,75,80)(H,81,93)(H,82,90)(H,83,94)(H,84,91)(H,85,92)(H,86,97)(H,87,96)(H,88,95)(H,89,100)(H,98,99)/t51-,52-,53-,54-,55-,56-,57-,58-,59-/m0/s1. The van der Waals surface area contributed by atoms with Gasteiger partial charge >= 0.3 is 12.1 Å². The van der Waals surface area contributed by atoms with Gasteiger partial charge in [-0.05, 0) is 85.1 Å². The van der Waals surface area contributed by atoms with Crippen LogP contribution in [-0.2, 0) is 80.0 Å². The second-order valence-electron chi connectivity index (χ2n) is 26.3. The molecule has 0 saturated carbocycles. The third-order valence-corrected chi connectivity index (χ3v) is 16.9. The molecule has 0 unspecified atom stereocenters. The average molecular weight is 1390 g/mol. The Morgan fingerprint density at radius 1 is 0.406 bits per heavy atom. The number of nitrogens with one attached hydrogen (secondary N) is 14. The van der Waals surface area contributed by atoms with E-state index in [1.54, 1.807) is 6.20 Å². The zero-order valence-corrected chi connectivity index (χ0v) is 57.3. The fraction of sp³-hybridized carbons (Fsp3) is 0.464. The third-order valence-electron chi connectivity index (χ3n) is 16.9. The van der Waals surface area contributed by atoms with Crippen molar-refractivity contribution in [1.82, 2.24) is 97.7 Å². The van der Waals surface area contributed by atoms with Crippen LogP contribution in [0.1, 0.15) is 126 Å². The number of ether oxygens (including phenoxy) is 1. The van der Waals surface area contributed by atoms with Crippen LogP contribution in [0.5, 0.6) is 0 Å². The number of carboxylic acid groups (broad SMARTS) is 1. The maximum atomic E-state index is 14.9. The van der Waals surface area contributed by atoms with Gasteiger partial charge in [-0.1, -0.05) is 90.1 Å². The first-order valence-electron chi connectivity index (χ1n) is 33.9. The summed E-state index contributed by atoms with van der Waals surface area (Å²) in [6.45, 7) is 11.3. The van der Waals surface area contributed by atoms with Crippen molar-refractivity contribution in [2.24, 2.45) is 23.5 Å². The van der Waals surface area contributed by atoms with Crippen LogP contribution in [0, 0.1) is 17.8 Å². The number of hydrogen-bond donors (Lipinski definition) is 16. The average Bonchev–Trinajstić information content (AvgIpc) is 1.61. The van der Waals surface area contributed by atoms with Crippen molar-refractivity contribution >= 4 is 59.3 Å². The first-order valence-corrected chi connectivity index (χ1v) is 33.9. The summed E-state index contributed by atoms with van der Waals surface area (Å²) in [6, 6.07) is 3.42. The number of H-pyrrole nitrogens is 5. The molecule has 1 aliphatic carbocycles. The summed E-state index contributed by atoms with van der Waals surface area (Å²) >= 11 is 0. The molecule has 0 spiro atoms. The quantitative estimate of drug-likeness (QED) is 0.0244. The van der Waals surface area contributed by atoms with Crippen molar-refractivity contribution < 1.29 is 57.8 Å². The predicted octanol–water partition coefficient (Wildman–Crippen LogP) is 1.95. The number of hydrogen-bond acceptors (Lipinski definition) is 17. The Balaban J connectivity index is 0.975. The molecule has 101 heavy (non-hydrogen) atoms. The van der Waals surface area contributed by atoms with Crippen LogP contribution >= 0.6 is 0 Å². The van der Waals surface area contributed by atoms with Gasteiger partial charge < -0.3 is 88.3 Å². The van der Waals surface area contributed by atoms with Crippen LogP contribution in [0.2, 0.25) is 0 Å².